The molecule has 0 radical (unpaired) electrons. The summed E-state index contributed by atoms with van der Waals surface area (Å²) in [5.74, 6) is 1.16. The molecule has 2 aromatic carbocycles. The van der Waals surface area contributed by atoms with Gasteiger partial charge in [0.25, 0.3) is 0 Å². The van der Waals surface area contributed by atoms with Gasteiger partial charge in [-0.2, -0.15) is 0 Å². The second-order valence-corrected chi connectivity index (χ2v) is 6.15. The molecule has 132 valence electrons. The first-order chi connectivity index (χ1) is 12.2. The summed E-state index contributed by atoms with van der Waals surface area (Å²) in [5, 5.41) is 0. The van der Waals surface area contributed by atoms with Crippen LogP contribution in [0.3, 0.4) is 0 Å². The Bertz CT molecular complexity index is 696. The van der Waals surface area contributed by atoms with Gasteiger partial charge in [0, 0.05) is 12.6 Å². The number of nitrogens with zero attached hydrogens (tertiary/aromatic N) is 1. The predicted octanol–water partition coefficient (Wildman–Crippen LogP) is 3.79. The molecule has 0 heterocycles. The first kappa shape index (κ1) is 17.3. The van der Waals surface area contributed by atoms with Gasteiger partial charge in [-0.05, 0) is 54.8 Å². The van der Waals surface area contributed by atoms with E-state index >= 15 is 0 Å². The lowest BCUT2D eigenvalue weighted by atomic mass is 10.2. The Hall–Kier alpha value is -2.56. The maximum absolute atomic E-state index is 12.9. The molecule has 5 heteroatoms. The molecule has 1 aliphatic carbocycles. The summed E-state index contributed by atoms with van der Waals surface area (Å²) in [6.07, 6.45) is 2.42. The second-order valence-electron chi connectivity index (χ2n) is 6.15. The number of amides is 1. The fraction of sp³-hybridized carbons (Fsp3) is 0.350. The fourth-order valence-corrected chi connectivity index (χ4v) is 2.67. The van der Waals surface area contributed by atoms with E-state index in [-0.39, 0.29) is 18.3 Å². The van der Waals surface area contributed by atoms with Crippen molar-refractivity contribution in [3.05, 3.63) is 59.9 Å². The van der Waals surface area contributed by atoms with Crippen LogP contribution >= 0.6 is 0 Å². The summed E-state index contributed by atoms with van der Waals surface area (Å²) in [7, 11) is 1.64. The molecule has 4 nitrogen and oxygen atoms in total. The molecule has 1 saturated carbocycles. The van der Waals surface area contributed by atoms with Crippen LogP contribution < -0.4 is 9.47 Å². The summed E-state index contributed by atoms with van der Waals surface area (Å²) < 4.78 is 23.6. The van der Waals surface area contributed by atoms with Gasteiger partial charge >= 0.3 is 0 Å². The van der Waals surface area contributed by atoms with Crippen LogP contribution in [0, 0.1) is 5.82 Å². The van der Waals surface area contributed by atoms with E-state index in [9.17, 15) is 9.18 Å². The zero-order valence-corrected chi connectivity index (χ0v) is 14.3. The predicted molar refractivity (Wildman–Crippen MR) is 93.1 cm³/mol. The number of rotatable bonds is 8. The third-order valence-corrected chi connectivity index (χ3v) is 4.22. The van der Waals surface area contributed by atoms with Crippen LogP contribution in [0.15, 0.2) is 48.5 Å². The molecule has 25 heavy (non-hydrogen) atoms. The lowest BCUT2D eigenvalue weighted by Crippen LogP contribution is -2.33. The zero-order chi connectivity index (χ0) is 17.6. The number of hydrogen-bond donors (Lipinski definition) is 0. The van der Waals surface area contributed by atoms with Gasteiger partial charge in [-0.1, -0.05) is 12.1 Å². The molecular formula is C20H22FNO3. The molecule has 2 aromatic rings. The van der Waals surface area contributed by atoms with Crippen molar-refractivity contribution in [2.45, 2.75) is 31.8 Å². The second kappa shape index (κ2) is 8.01. The smallest absolute Gasteiger partial charge is 0.226 e. The highest BCUT2D eigenvalue weighted by molar-refractivity contribution is 5.77. The van der Waals surface area contributed by atoms with Crippen LogP contribution in [0.4, 0.5) is 4.39 Å². The number of benzene rings is 2. The van der Waals surface area contributed by atoms with E-state index in [0.29, 0.717) is 24.8 Å². The topological polar surface area (TPSA) is 38.8 Å². The Balaban J connectivity index is 1.52. The molecule has 0 aromatic heterocycles. The summed E-state index contributed by atoms with van der Waals surface area (Å²) in [4.78, 5) is 14.5. The molecule has 1 amide bonds. The number of halogens is 1. The Morgan fingerprint density at radius 1 is 1.08 bits per heavy atom. The van der Waals surface area contributed by atoms with E-state index in [0.717, 1.165) is 24.2 Å². The maximum Gasteiger partial charge on any atom is 0.226 e. The summed E-state index contributed by atoms with van der Waals surface area (Å²) in [6.45, 7) is 0.889. The highest BCUT2D eigenvalue weighted by atomic mass is 19.1. The van der Waals surface area contributed by atoms with E-state index in [1.54, 1.807) is 19.2 Å². The van der Waals surface area contributed by atoms with E-state index in [1.165, 1.54) is 12.1 Å². The normalized spacial score (nSPS) is 13.4. The lowest BCUT2D eigenvalue weighted by molar-refractivity contribution is -0.132. The first-order valence-corrected chi connectivity index (χ1v) is 8.46. The average Bonchev–Trinajstić information content (AvgIpc) is 3.46. The Kier molecular flexibility index (Phi) is 5.53. The quantitative estimate of drug-likeness (QED) is 0.732. The van der Waals surface area contributed by atoms with Crippen LogP contribution in [-0.4, -0.2) is 30.6 Å². The minimum Gasteiger partial charge on any atom is -0.497 e. The van der Waals surface area contributed by atoms with Crippen molar-refractivity contribution in [1.29, 1.82) is 0 Å². The van der Waals surface area contributed by atoms with Crippen molar-refractivity contribution in [2.24, 2.45) is 0 Å². The number of carbonyl (C=O) groups excluding carboxylic acids is 1. The largest absolute Gasteiger partial charge is 0.497 e. The fourth-order valence-electron chi connectivity index (χ4n) is 2.67. The third-order valence-electron chi connectivity index (χ3n) is 4.22. The molecule has 0 unspecified atom stereocenters. The van der Waals surface area contributed by atoms with Crippen LogP contribution in [-0.2, 0) is 11.3 Å². The van der Waals surface area contributed by atoms with Crippen molar-refractivity contribution in [1.82, 2.24) is 4.90 Å². The molecular weight excluding hydrogens is 321 g/mol. The Labute approximate surface area is 147 Å². The third kappa shape index (κ3) is 4.95. The molecule has 1 fully saturated rings. The van der Waals surface area contributed by atoms with Crippen LogP contribution in [0.1, 0.15) is 24.8 Å². The number of ether oxygens (including phenoxy) is 2. The van der Waals surface area contributed by atoms with E-state index in [4.69, 9.17) is 9.47 Å². The Morgan fingerprint density at radius 2 is 1.72 bits per heavy atom. The summed E-state index contributed by atoms with van der Waals surface area (Å²) >= 11 is 0. The van der Waals surface area contributed by atoms with Crippen molar-refractivity contribution in [2.75, 3.05) is 13.7 Å². The van der Waals surface area contributed by atoms with E-state index in [2.05, 4.69) is 0 Å². The minimum absolute atomic E-state index is 0.0837. The van der Waals surface area contributed by atoms with Gasteiger partial charge in [-0.15, -0.1) is 0 Å². The van der Waals surface area contributed by atoms with Crippen LogP contribution in [0.2, 0.25) is 0 Å². The van der Waals surface area contributed by atoms with Gasteiger partial charge in [0.05, 0.1) is 20.1 Å². The molecule has 0 bridgehead atoms. The number of carbonyl (C=O) groups is 1. The van der Waals surface area contributed by atoms with Crippen molar-refractivity contribution in [3.63, 3.8) is 0 Å². The van der Waals surface area contributed by atoms with Gasteiger partial charge in [0.2, 0.25) is 5.91 Å². The van der Waals surface area contributed by atoms with Gasteiger partial charge in [0.15, 0.2) is 0 Å². The highest BCUT2D eigenvalue weighted by Gasteiger charge is 2.32. The molecule has 0 atom stereocenters. The Morgan fingerprint density at radius 3 is 2.32 bits per heavy atom. The zero-order valence-electron chi connectivity index (χ0n) is 14.3. The van der Waals surface area contributed by atoms with Gasteiger partial charge in [-0.25, -0.2) is 4.39 Å². The summed E-state index contributed by atoms with van der Waals surface area (Å²) in [6, 6.07) is 13.9. The summed E-state index contributed by atoms with van der Waals surface area (Å²) in [5.41, 5.74) is 1.08. The molecule has 0 N–H and O–H groups in total. The number of hydrogen-bond acceptors (Lipinski definition) is 3. The highest BCUT2D eigenvalue weighted by Crippen LogP contribution is 2.29. The standard InChI is InChI=1S/C20H22FNO3/c1-24-18-8-2-15(3-9-18)14-22(17-6-7-17)20(23)12-13-25-19-10-4-16(21)5-11-19/h2-5,8-11,17H,6-7,12-14H2,1H3. The lowest BCUT2D eigenvalue weighted by Gasteiger charge is -2.23. The molecule has 0 spiro atoms. The SMILES string of the molecule is COc1ccc(CN(C(=O)CCOc2ccc(F)cc2)C2CC2)cc1. The number of methoxy groups -OCH3 is 1. The first-order valence-electron chi connectivity index (χ1n) is 8.46. The van der Waals surface area contributed by atoms with E-state index in [1.807, 2.05) is 29.2 Å². The van der Waals surface area contributed by atoms with Gasteiger partial charge < -0.3 is 14.4 Å². The molecule has 0 saturated heterocycles. The van der Waals surface area contributed by atoms with Crippen molar-refractivity contribution < 1.29 is 18.7 Å². The van der Waals surface area contributed by atoms with Crippen LogP contribution in [0.25, 0.3) is 0 Å². The maximum atomic E-state index is 12.9. The molecule has 1 aliphatic rings. The minimum atomic E-state index is -0.303. The van der Waals surface area contributed by atoms with E-state index < -0.39 is 0 Å². The average molecular weight is 343 g/mol. The molecule has 0 aliphatic heterocycles. The van der Waals surface area contributed by atoms with Crippen LogP contribution in [0.5, 0.6) is 11.5 Å². The van der Waals surface area contributed by atoms with Crippen molar-refractivity contribution >= 4 is 5.91 Å². The molecule has 3 rings (SSSR count). The van der Waals surface area contributed by atoms with Crippen molar-refractivity contribution in [3.8, 4) is 11.5 Å². The monoisotopic (exact) mass is 343 g/mol. The van der Waals surface area contributed by atoms with Gasteiger partial charge in [-0.3, -0.25) is 4.79 Å². The van der Waals surface area contributed by atoms with Gasteiger partial charge in [0.1, 0.15) is 17.3 Å².